The van der Waals surface area contributed by atoms with E-state index in [0.29, 0.717) is 0 Å². The largest absolute Gasteiger partial charge is 0.317 e. The second kappa shape index (κ2) is 5.66. The Labute approximate surface area is 116 Å². The van der Waals surface area contributed by atoms with Crippen LogP contribution in [0.3, 0.4) is 0 Å². The van der Waals surface area contributed by atoms with Gasteiger partial charge in [0.05, 0.1) is 0 Å². The van der Waals surface area contributed by atoms with Crippen molar-refractivity contribution in [2.75, 3.05) is 7.05 Å². The zero-order valence-electron chi connectivity index (χ0n) is 12.0. The first kappa shape index (κ1) is 14.0. The molecular weight excluding hydrogens is 238 g/mol. The van der Waals surface area contributed by atoms with Gasteiger partial charge in [0.1, 0.15) is 0 Å². The first-order valence-corrected chi connectivity index (χ1v) is 7.81. The molecule has 18 heavy (non-hydrogen) atoms. The molecule has 100 valence electrons. The zero-order chi connectivity index (χ0) is 13.2. The Kier molecular flexibility index (Phi) is 4.39. The molecule has 2 unspecified atom stereocenters. The molecule has 2 rings (SSSR count). The van der Waals surface area contributed by atoms with Crippen molar-refractivity contribution < 1.29 is 0 Å². The van der Waals surface area contributed by atoms with Gasteiger partial charge in [-0.15, -0.1) is 11.8 Å². The highest BCUT2D eigenvalue weighted by molar-refractivity contribution is 8.00. The molecule has 2 heteroatoms. The maximum absolute atomic E-state index is 3.40. The molecule has 0 saturated heterocycles. The van der Waals surface area contributed by atoms with Gasteiger partial charge < -0.3 is 5.32 Å². The van der Waals surface area contributed by atoms with E-state index in [4.69, 9.17) is 0 Å². The van der Waals surface area contributed by atoms with E-state index in [9.17, 15) is 0 Å². The van der Waals surface area contributed by atoms with Crippen molar-refractivity contribution in [3.05, 3.63) is 29.8 Å². The summed E-state index contributed by atoms with van der Waals surface area (Å²) in [4.78, 5) is 1.42. The van der Waals surface area contributed by atoms with E-state index in [1.54, 1.807) is 0 Å². The van der Waals surface area contributed by atoms with Crippen LogP contribution in [-0.4, -0.2) is 18.3 Å². The van der Waals surface area contributed by atoms with E-state index in [2.05, 4.69) is 57.4 Å². The van der Waals surface area contributed by atoms with Crippen molar-refractivity contribution in [3.8, 4) is 0 Å². The van der Waals surface area contributed by atoms with E-state index in [0.717, 1.165) is 11.3 Å². The van der Waals surface area contributed by atoms with Crippen LogP contribution in [0.4, 0.5) is 0 Å². The lowest BCUT2D eigenvalue weighted by Gasteiger charge is -2.19. The number of nitrogens with one attached hydrogen (secondary N) is 1. The Hall–Kier alpha value is -0.470. The van der Waals surface area contributed by atoms with Crippen LogP contribution in [0.2, 0.25) is 0 Å². The molecule has 1 nitrogen and oxygen atoms in total. The summed E-state index contributed by atoms with van der Waals surface area (Å²) in [7, 11) is 2.08. The fourth-order valence-electron chi connectivity index (χ4n) is 2.54. The summed E-state index contributed by atoms with van der Waals surface area (Å²) in [6.07, 6.45) is 3.98. The third kappa shape index (κ3) is 3.52. The fraction of sp³-hybridized carbons (Fsp3) is 0.625. The average Bonchev–Trinajstić information content (AvgIpc) is 2.76. The molecule has 1 saturated carbocycles. The van der Waals surface area contributed by atoms with Crippen molar-refractivity contribution >= 4 is 11.8 Å². The van der Waals surface area contributed by atoms with Crippen molar-refractivity contribution in [2.45, 2.75) is 61.6 Å². The van der Waals surface area contributed by atoms with Crippen LogP contribution in [0.15, 0.2) is 29.2 Å². The van der Waals surface area contributed by atoms with Crippen LogP contribution in [0.1, 0.15) is 45.6 Å². The SMILES string of the molecule is CNC1CCC(Sc2ccc(C(C)(C)C)cc2)C1. The molecule has 0 aliphatic heterocycles. The van der Waals surface area contributed by atoms with Gasteiger partial charge >= 0.3 is 0 Å². The standard InChI is InChI=1S/C16H25NS/c1-16(2,3)12-5-8-14(9-6-12)18-15-10-7-13(11-15)17-4/h5-6,8-9,13,15,17H,7,10-11H2,1-4H3. The predicted octanol–water partition coefficient (Wildman–Crippen LogP) is 4.22. The summed E-state index contributed by atoms with van der Waals surface area (Å²) in [6.45, 7) is 6.80. The van der Waals surface area contributed by atoms with E-state index in [1.807, 2.05) is 11.8 Å². The van der Waals surface area contributed by atoms with Crippen molar-refractivity contribution in [1.82, 2.24) is 5.32 Å². The van der Waals surface area contributed by atoms with Gasteiger partial charge in [-0.3, -0.25) is 0 Å². The molecule has 1 aliphatic rings. The van der Waals surface area contributed by atoms with E-state index in [1.165, 1.54) is 29.7 Å². The molecule has 1 aliphatic carbocycles. The number of rotatable bonds is 3. The molecule has 1 N–H and O–H groups in total. The number of hydrogen-bond acceptors (Lipinski definition) is 2. The van der Waals surface area contributed by atoms with Crippen LogP contribution in [0.5, 0.6) is 0 Å². The Bertz CT molecular complexity index is 377. The maximum Gasteiger partial charge on any atom is 0.0110 e. The molecule has 0 heterocycles. The van der Waals surface area contributed by atoms with E-state index < -0.39 is 0 Å². The van der Waals surface area contributed by atoms with Crippen molar-refractivity contribution in [3.63, 3.8) is 0 Å². The lowest BCUT2D eigenvalue weighted by atomic mass is 9.87. The topological polar surface area (TPSA) is 12.0 Å². The van der Waals surface area contributed by atoms with Gasteiger partial charge in [0.25, 0.3) is 0 Å². The summed E-state index contributed by atoms with van der Waals surface area (Å²) in [5.41, 5.74) is 1.68. The van der Waals surface area contributed by atoms with Crippen LogP contribution in [-0.2, 0) is 5.41 Å². The molecule has 0 radical (unpaired) electrons. The van der Waals surface area contributed by atoms with Crippen LogP contribution in [0.25, 0.3) is 0 Å². The van der Waals surface area contributed by atoms with Crippen LogP contribution >= 0.6 is 11.8 Å². The third-order valence-corrected chi connectivity index (χ3v) is 5.12. The molecule has 0 amide bonds. The lowest BCUT2D eigenvalue weighted by Crippen LogP contribution is -2.21. The first-order valence-electron chi connectivity index (χ1n) is 6.93. The Morgan fingerprint density at radius 2 is 1.78 bits per heavy atom. The van der Waals surface area contributed by atoms with Gasteiger partial charge in [0, 0.05) is 16.2 Å². The van der Waals surface area contributed by atoms with Gasteiger partial charge in [-0.2, -0.15) is 0 Å². The lowest BCUT2D eigenvalue weighted by molar-refractivity contribution is 0.583. The highest BCUT2D eigenvalue weighted by Crippen LogP contribution is 2.35. The zero-order valence-corrected chi connectivity index (χ0v) is 12.8. The predicted molar refractivity (Wildman–Crippen MR) is 81.5 cm³/mol. The molecule has 1 aromatic rings. The minimum atomic E-state index is 0.258. The molecule has 0 aromatic heterocycles. The smallest absolute Gasteiger partial charge is 0.0110 e. The molecule has 0 bridgehead atoms. The van der Waals surface area contributed by atoms with Gasteiger partial charge in [-0.05, 0) is 49.4 Å². The normalized spacial score (nSPS) is 24.4. The Balaban J connectivity index is 1.95. The van der Waals surface area contributed by atoms with Crippen molar-refractivity contribution in [1.29, 1.82) is 0 Å². The van der Waals surface area contributed by atoms with Gasteiger partial charge in [-0.1, -0.05) is 32.9 Å². The van der Waals surface area contributed by atoms with Gasteiger partial charge in [-0.25, -0.2) is 0 Å². The molecule has 1 fully saturated rings. The molecule has 1 aromatic carbocycles. The molecular formula is C16H25NS. The van der Waals surface area contributed by atoms with E-state index in [-0.39, 0.29) is 5.41 Å². The Morgan fingerprint density at radius 1 is 1.11 bits per heavy atom. The summed E-state index contributed by atoms with van der Waals surface area (Å²) >= 11 is 2.05. The molecule has 2 atom stereocenters. The third-order valence-electron chi connectivity index (χ3n) is 3.82. The second-order valence-corrected chi connectivity index (χ2v) is 7.69. The minimum absolute atomic E-state index is 0.258. The minimum Gasteiger partial charge on any atom is -0.317 e. The fourth-order valence-corrected chi connectivity index (χ4v) is 3.80. The monoisotopic (exact) mass is 263 g/mol. The first-order chi connectivity index (χ1) is 8.49. The van der Waals surface area contributed by atoms with Gasteiger partial charge in [0.2, 0.25) is 0 Å². The summed E-state index contributed by atoms with van der Waals surface area (Å²) in [5.74, 6) is 0. The maximum atomic E-state index is 3.40. The van der Waals surface area contributed by atoms with Gasteiger partial charge in [0.15, 0.2) is 0 Å². The quantitative estimate of drug-likeness (QED) is 0.876. The number of benzene rings is 1. The summed E-state index contributed by atoms with van der Waals surface area (Å²) < 4.78 is 0. The number of thioether (sulfide) groups is 1. The average molecular weight is 263 g/mol. The van der Waals surface area contributed by atoms with Crippen LogP contribution in [0, 0.1) is 0 Å². The Morgan fingerprint density at radius 3 is 2.28 bits per heavy atom. The highest BCUT2D eigenvalue weighted by Gasteiger charge is 2.24. The number of hydrogen-bond donors (Lipinski definition) is 1. The highest BCUT2D eigenvalue weighted by atomic mass is 32.2. The summed E-state index contributed by atoms with van der Waals surface area (Å²) in [6, 6.07) is 9.88. The summed E-state index contributed by atoms with van der Waals surface area (Å²) in [5, 5.41) is 4.19. The van der Waals surface area contributed by atoms with E-state index >= 15 is 0 Å². The van der Waals surface area contributed by atoms with Crippen molar-refractivity contribution in [2.24, 2.45) is 0 Å². The second-order valence-electron chi connectivity index (χ2n) is 6.31. The molecule has 0 spiro atoms. The van der Waals surface area contributed by atoms with Crippen LogP contribution < -0.4 is 5.32 Å².